The molecule has 0 spiro atoms. The number of ether oxygens (including phenoxy) is 1. The smallest absolute Gasteiger partial charge is 0.128 e. The molecular weight excluding hydrogens is 214 g/mol. The van der Waals surface area contributed by atoms with Crippen LogP contribution >= 0.6 is 0 Å². The maximum absolute atomic E-state index is 8.97. The van der Waals surface area contributed by atoms with E-state index in [1.165, 1.54) is 19.3 Å². The minimum absolute atomic E-state index is 0.675. The topological polar surface area (TPSA) is 41.8 Å². The zero-order valence-corrected chi connectivity index (χ0v) is 10.2. The van der Waals surface area contributed by atoms with E-state index in [-0.39, 0.29) is 0 Å². The average molecular weight is 233 g/mol. The van der Waals surface area contributed by atoms with Gasteiger partial charge in [0.2, 0.25) is 0 Å². The second kappa shape index (κ2) is 5.71. The van der Waals surface area contributed by atoms with Gasteiger partial charge in [-0.3, -0.25) is 0 Å². The van der Waals surface area contributed by atoms with E-state index in [0.717, 1.165) is 17.9 Å². The van der Waals surface area contributed by atoms with Gasteiger partial charge in [0.15, 0.2) is 0 Å². The Morgan fingerprint density at radius 2 is 2.18 bits per heavy atom. The molecule has 92 valence electrons. The van der Waals surface area contributed by atoms with Crippen molar-refractivity contribution in [2.45, 2.75) is 32.6 Å². The lowest BCUT2D eigenvalue weighted by Gasteiger charge is -2.25. The molecule has 1 fully saturated rings. The van der Waals surface area contributed by atoms with Gasteiger partial charge in [0, 0.05) is 5.56 Å². The van der Waals surface area contributed by atoms with E-state index >= 15 is 0 Å². The summed E-state index contributed by atoms with van der Waals surface area (Å²) in [6.45, 7) is 2.75. The van der Waals surface area contributed by atoms with Crippen LogP contribution in [-0.2, 0) is 0 Å². The summed E-state index contributed by atoms with van der Waals surface area (Å²) in [7, 11) is 0. The average Bonchev–Trinajstić information content (AvgIpc) is 2.30. The number of hydrogen-bond donors (Lipinski definition) is 1. The monoisotopic (exact) mass is 233 g/mol. The molecule has 17 heavy (non-hydrogen) atoms. The first-order chi connectivity index (χ1) is 8.35. The molecule has 0 heterocycles. The number of oxime groups is 1. The molecule has 0 aromatic heterocycles. The summed E-state index contributed by atoms with van der Waals surface area (Å²) in [5.41, 5.74) is 1.58. The van der Waals surface area contributed by atoms with Crippen LogP contribution in [-0.4, -0.2) is 17.5 Å². The van der Waals surface area contributed by atoms with Crippen LogP contribution in [0.3, 0.4) is 0 Å². The molecule has 1 aliphatic carbocycles. The summed E-state index contributed by atoms with van der Waals surface area (Å²) in [6.07, 6.45) is 4.57. The van der Waals surface area contributed by atoms with Crippen molar-refractivity contribution in [3.05, 3.63) is 29.8 Å². The largest absolute Gasteiger partial charge is 0.493 e. The van der Waals surface area contributed by atoms with E-state index in [0.29, 0.717) is 18.1 Å². The summed E-state index contributed by atoms with van der Waals surface area (Å²) in [5, 5.41) is 12.3. The zero-order valence-electron chi connectivity index (χ0n) is 10.2. The Morgan fingerprint density at radius 1 is 1.41 bits per heavy atom. The number of nitrogens with zero attached hydrogens (tertiary/aromatic N) is 1. The first-order valence-electron chi connectivity index (χ1n) is 6.28. The molecule has 3 nitrogen and oxygen atoms in total. The normalized spacial score (nSPS) is 16.6. The van der Waals surface area contributed by atoms with Gasteiger partial charge < -0.3 is 9.94 Å². The number of rotatable bonds is 5. The second-order valence-corrected chi connectivity index (χ2v) is 4.50. The fraction of sp³-hybridized carbons (Fsp3) is 0.500. The van der Waals surface area contributed by atoms with Crippen LogP contribution in [0.4, 0.5) is 0 Å². The highest BCUT2D eigenvalue weighted by molar-refractivity contribution is 6.02. The van der Waals surface area contributed by atoms with Crippen LogP contribution in [0.15, 0.2) is 29.4 Å². The van der Waals surface area contributed by atoms with Crippen molar-refractivity contribution in [2.75, 3.05) is 6.61 Å². The maximum atomic E-state index is 8.97. The minimum Gasteiger partial charge on any atom is -0.493 e. The highest BCUT2D eigenvalue weighted by Gasteiger charge is 2.19. The fourth-order valence-electron chi connectivity index (χ4n) is 2.01. The molecule has 0 atom stereocenters. The quantitative estimate of drug-likeness (QED) is 0.481. The molecule has 0 aliphatic heterocycles. The van der Waals surface area contributed by atoms with Gasteiger partial charge in [0.05, 0.1) is 12.3 Å². The molecule has 3 heteroatoms. The number of benzene rings is 1. The van der Waals surface area contributed by atoms with E-state index in [9.17, 15) is 0 Å². The first kappa shape index (κ1) is 12.0. The molecule has 1 aliphatic rings. The SMILES string of the molecule is CCC(=NO)c1ccccc1OCC1CCC1. The molecule has 0 unspecified atom stereocenters. The van der Waals surface area contributed by atoms with Crippen LogP contribution in [0.1, 0.15) is 38.2 Å². The minimum atomic E-state index is 0.675. The van der Waals surface area contributed by atoms with Gasteiger partial charge in [-0.1, -0.05) is 30.6 Å². The molecule has 0 saturated heterocycles. The lowest BCUT2D eigenvalue weighted by Crippen LogP contribution is -2.20. The van der Waals surface area contributed by atoms with Gasteiger partial charge in [-0.2, -0.15) is 0 Å². The molecule has 0 radical (unpaired) electrons. The van der Waals surface area contributed by atoms with Crippen LogP contribution in [0.5, 0.6) is 5.75 Å². The summed E-state index contributed by atoms with van der Waals surface area (Å²) in [5.74, 6) is 1.54. The third-order valence-electron chi connectivity index (χ3n) is 3.35. The fourth-order valence-corrected chi connectivity index (χ4v) is 2.01. The number of para-hydroxylation sites is 1. The third kappa shape index (κ3) is 2.78. The van der Waals surface area contributed by atoms with E-state index in [1.54, 1.807) is 0 Å². The molecule has 0 amide bonds. The molecule has 1 N–H and O–H groups in total. The molecular formula is C14H19NO2. The van der Waals surface area contributed by atoms with Gasteiger partial charge in [-0.25, -0.2) is 0 Å². The van der Waals surface area contributed by atoms with Crippen molar-refractivity contribution in [3.63, 3.8) is 0 Å². The molecule has 2 rings (SSSR count). The Kier molecular flexibility index (Phi) is 4.02. The van der Waals surface area contributed by atoms with Gasteiger partial charge in [-0.15, -0.1) is 0 Å². The summed E-state index contributed by atoms with van der Waals surface area (Å²) < 4.78 is 5.83. The van der Waals surface area contributed by atoms with Gasteiger partial charge in [0.25, 0.3) is 0 Å². The molecule has 0 bridgehead atoms. The Balaban J connectivity index is 2.09. The Labute approximate surface area is 102 Å². The van der Waals surface area contributed by atoms with Crippen LogP contribution < -0.4 is 4.74 Å². The lowest BCUT2D eigenvalue weighted by molar-refractivity contribution is 0.180. The van der Waals surface area contributed by atoms with Crippen molar-refractivity contribution in [1.82, 2.24) is 0 Å². The predicted octanol–water partition coefficient (Wildman–Crippen LogP) is 3.45. The highest BCUT2D eigenvalue weighted by Crippen LogP contribution is 2.28. The summed E-state index contributed by atoms with van der Waals surface area (Å²) in [4.78, 5) is 0. The Bertz CT molecular complexity index is 397. The van der Waals surface area contributed by atoms with Crippen molar-refractivity contribution < 1.29 is 9.94 Å². The number of hydrogen-bond acceptors (Lipinski definition) is 3. The van der Waals surface area contributed by atoms with Gasteiger partial charge >= 0.3 is 0 Å². The van der Waals surface area contributed by atoms with Crippen molar-refractivity contribution >= 4 is 5.71 Å². The lowest BCUT2D eigenvalue weighted by atomic mass is 9.86. The maximum Gasteiger partial charge on any atom is 0.128 e. The molecule has 1 saturated carbocycles. The first-order valence-corrected chi connectivity index (χ1v) is 6.28. The van der Waals surface area contributed by atoms with Gasteiger partial charge in [0.1, 0.15) is 5.75 Å². The predicted molar refractivity (Wildman–Crippen MR) is 67.9 cm³/mol. The highest BCUT2D eigenvalue weighted by atomic mass is 16.5. The Morgan fingerprint density at radius 3 is 2.76 bits per heavy atom. The van der Waals surface area contributed by atoms with Gasteiger partial charge in [-0.05, 0) is 37.3 Å². The van der Waals surface area contributed by atoms with E-state index in [2.05, 4.69) is 5.16 Å². The van der Waals surface area contributed by atoms with Crippen LogP contribution in [0.2, 0.25) is 0 Å². The second-order valence-electron chi connectivity index (χ2n) is 4.50. The van der Waals surface area contributed by atoms with Crippen LogP contribution in [0.25, 0.3) is 0 Å². The van der Waals surface area contributed by atoms with E-state index in [1.807, 2.05) is 31.2 Å². The molecule has 1 aromatic carbocycles. The van der Waals surface area contributed by atoms with Crippen LogP contribution in [0, 0.1) is 5.92 Å². The summed E-state index contributed by atoms with van der Waals surface area (Å²) in [6, 6.07) is 7.76. The Hall–Kier alpha value is -1.51. The van der Waals surface area contributed by atoms with Crippen molar-refractivity contribution in [1.29, 1.82) is 0 Å². The van der Waals surface area contributed by atoms with Crippen molar-refractivity contribution in [3.8, 4) is 5.75 Å². The standard InChI is InChI=1S/C14H19NO2/c1-2-13(15-16)12-8-3-4-9-14(12)17-10-11-6-5-7-11/h3-4,8-9,11,16H,2,5-7,10H2,1H3. The summed E-state index contributed by atoms with van der Waals surface area (Å²) >= 11 is 0. The molecule has 1 aromatic rings. The third-order valence-corrected chi connectivity index (χ3v) is 3.35. The van der Waals surface area contributed by atoms with Crippen molar-refractivity contribution in [2.24, 2.45) is 11.1 Å². The van der Waals surface area contributed by atoms with E-state index < -0.39 is 0 Å². The van der Waals surface area contributed by atoms with E-state index in [4.69, 9.17) is 9.94 Å². The zero-order chi connectivity index (χ0) is 12.1.